The smallest absolute Gasteiger partial charge is 0.204 e. The van der Waals surface area contributed by atoms with E-state index in [-0.39, 0.29) is 5.43 Å². The van der Waals surface area contributed by atoms with Crippen LogP contribution in [0.25, 0.3) is 22.1 Å². The highest BCUT2D eigenvalue weighted by atomic mass is 35.5. The zero-order chi connectivity index (χ0) is 21.3. The molecule has 0 bridgehead atoms. The second-order valence-corrected chi connectivity index (χ2v) is 7.69. The zero-order valence-electron chi connectivity index (χ0n) is 17.5. The van der Waals surface area contributed by atoms with Crippen molar-refractivity contribution in [2.75, 3.05) is 21.3 Å². The Morgan fingerprint density at radius 3 is 2.07 bits per heavy atom. The second-order valence-electron chi connectivity index (χ2n) is 7.25. The summed E-state index contributed by atoms with van der Waals surface area (Å²) in [4.78, 5) is 13.7. The van der Waals surface area contributed by atoms with Crippen LogP contribution in [0, 0.1) is 12.8 Å². The predicted molar refractivity (Wildman–Crippen MR) is 116 cm³/mol. The Bertz CT molecular complexity index is 1100. The lowest BCUT2D eigenvalue weighted by atomic mass is 9.96. The Labute approximate surface area is 175 Å². The van der Waals surface area contributed by atoms with Crippen LogP contribution in [-0.2, 0) is 6.42 Å². The lowest BCUT2D eigenvalue weighted by Gasteiger charge is -2.20. The average molecular weight is 417 g/mol. The zero-order valence-corrected chi connectivity index (χ0v) is 18.3. The molecule has 0 aliphatic rings. The van der Waals surface area contributed by atoms with Gasteiger partial charge in [-0.25, -0.2) is 0 Å². The Balaban J connectivity index is 2.50. The summed E-state index contributed by atoms with van der Waals surface area (Å²) in [6.07, 6.45) is 0.655. The van der Waals surface area contributed by atoms with Crippen molar-refractivity contribution in [1.82, 2.24) is 0 Å². The summed E-state index contributed by atoms with van der Waals surface area (Å²) in [5.74, 6) is 2.04. The van der Waals surface area contributed by atoms with Crippen molar-refractivity contribution in [1.29, 1.82) is 0 Å². The Morgan fingerprint density at radius 2 is 1.55 bits per heavy atom. The van der Waals surface area contributed by atoms with Crippen molar-refractivity contribution < 1.29 is 18.6 Å². The van der Waals surface area contributed by atoms with E-state index in [0.29, 0.717) is 56.9 Å². The van der Waals surface area contributed by atoms with Crippen molar-refractivity contribution in [2.24, 2.45) is 5.92 Å². The molecule has 0 saturated heterocycles. The van der Waals surface area contributed by atoms with Crippen LogP contribution in [0.2, 0.25) is 5.02 Å². The van der Waals surface area contributed by atoms with Crippen molar-refractivity contribution in [3.63, 3.8) is 0 Å². The molecule has 6 heteroatoms. The van der Waals surface area contributed by atoms with Gasteiger partial charge < -0.3 is 18.6 Å². The van der Waals surface area contributed by atoms with Crippen molar-refractivity contribution in [3.05, 3.63) is 50.8 Å². The summed E-state index contributed by atoms with van der Waals surface area (Å²) in [6.45, 7) is 5.97. The van der Waals surface area contributed by atoms with Crippen molar-refractivity contribution in [2.45, 2.75) is 27.2 Å². The number of hydrogen-bond donors (Lipinski definition) is 0. The van der Waals surface area contributed by atoms with Gasteiger partial charge in [0.25, 0.3) is 0 Å². The minimum Gasteiger partial charge on any atom is -0.492 e. The lowest BCUT2D eigenvalue weighted by Crippen LogP contribution is -2.12. The van der Waals surface area contributed by atoms with Gasteiger partial charge in [0.1, 0.15) is 16.7 Å². The molecular formula is C23H25ClO5. The minimum atomic E-state index is -0.186. The SMILES string of the molecule is COc1c(OC)c(OC)c2c(=O)c(-c3ccc(Cl)cc3)c(C)oc2c1CC(C)C. The third kappa shape index (κ3) is 3.67. The minimum absolute atomic E-state index is 0.186. The highest BCUT2D eigenvalue weighted by Gasteiger charge is 2.28. The van der Waals surface area contributed by atoms with Crippen LogP contribution >= 0.6 is 11.6 Å². The molecule has 0 aliphatic carbocycles. The lowest BCUT2D eigenvalue weighted by molar-refractivity contribution is 0.323. The summed E-state index contributed by atoms with van der Waals surface area (Å²) < 4.78 is 23.1. The van der Waals surface area contributed by atoms with Crippen LogP contribution in [0.5, 0.6) is 17.2 Å². The molecule has 2 aromatic carbocycles. The van der Waals surface area contributed by atoms with Gasteiger partial charge in [0.2, 0.25) is 11.2 Å². The third-order valence-electron chi connectivity index (χ3n) is 4.83. The number of fused-ring (bicyclic) bond motifs is 1. The standard InChI is InChI=1S/C23H25ClO5/c1-12(2)11-16-20-18(22(27-5)23(28-6)21(16)26-4)19(25)17(13(3)29-20)14-7-9-15(24)10-8-14/h7-10,12H,11H2,1-6H3. The molecule has 3 aromatic rings. The van der Waals surface area contributed by atoms with Crippen LogP contribution in [0.1, 0.15) is 25.2 Å². The van der Waals surface area contributed by atoms with E-state index in [0.717, 1.165) is 11.1 Å². The molecule has 1 heterocycles. The first kappa shape index (κ1) is 21.1. The van der Waals surface area contributed by atoms with Gasteiger partial charge in [-0.2, -0.15) is 0 Å². The van der Waals surface area contributed by atoms with Gasteiger partial charge in [-0.1, -0.05) is 37.6 Å². The Morgan fingerprint density at radius 1 is 0.966 bits per heavy atom. The quantitative estimate of drug-likeness (QED) is 0.520. The number of halogens is 1. The fraction of sp³-hybridized carbons (Fsp3) is 0.348. The third-order valence-corrected chi connectivity index (χ3v) is 5.09. The summed E-state index contributed by atoms with van der Waals surface area (Å²) in [7, 11) is 4.60. The molecule has 0 amide bonds. The molecule has 0 spiro atoms. The maximum atomic E-state index is 13.7. The second kappa shape index (κ2) is 8.37. The number of methoxy groups -OCH3 is 3. The largest absolute Gasteiger partial charge is 0.492 e. The van der Waals surface area contributed by atoms with Gasteiger partial charge in [-0.3, -0.25) is 4.79 Å². The monoisotopic (exact) mass is 416 g/mol. The molecule has 154 valence electrons. The Hall–Kier alpha value is -2.66. The molecule has 0 atom stereocenters. The van der Waals surface area contributed by atoms with Crippen LogP contribution in [0.3, 0.4) is 0 Å². The number of benzene rings is 2. The van der Waals surface area contributed by atoms with Gasteiger partial charge in [-0.05, 0) is 37.0 Å². The van der Waals surface area contributed by atoms with Crippen LogP contribution in [0.15, 0.2) is 33.5 Å². The van der Waals surface area contributed by atoms with Gasteiger partial charge in [0.15, 0.2) is 11.5 Å². The fourth-order valence-electron chi connectivity index (χ4n) is 3.66. The molecule has 0 saturated carbocycles. The number of ether oxygens (including phenoxy) is 3. The number of hydrogen-bond acceptors (Lipinski definition) is 5. The van der Waals surface area contributed by atoms with E-state index in [9.17, 15) is 4.79 Å². The van der Waals surface area contributed by atoms with E-state index in [1.807, 2.05) is 0 Å². The van der Waals surface area contributed by atoms with E-state index >= 15 is 0 Å². The normalized spacial score (nSPS) is 11.2. The first-order chi connectivity index (χ1) is 13.8. The van der Waals surface area contributed by atoms with Crippen molar-refractivity contribution >= 4 is 22.6 Å². The predicted octanol–water partition coefficient (Wildman–Crippen LogP) is 5.65. The molecule has 29 heavy (non-hydrogen) atoms. The van der Waals surface area contributed by atoms with E-state index in [4.69, 9.17) is 30.2 Å². The number of aryl methyl sites for hydroxylation is 1. The van der Waals surface area contributed by atoms with Crippen molar-refractivity contribution in [3.8, 4) is 28.4 Å². The highest BCUT2D eigenvalue weighted by molar-refractivity contribution is 6.30. The summed E-state index contributed by atoms with van der Waals surface area (Å²) >= 11 is 6.01. The molecular weight excluding hydrogens is 392 g/mol. The molecule has 3 rings (SSSR count). The van der Waals surface area contributed by atoms with Gasteiger partial charge in [0, 0.05) is 10.6 Å². The first-order valence-corrected chi connectivity index (χ1v) is 9.75. The van der Waals surface area contributed by atoms with E-state index in [1.54, 1.807) is 38.3 Å². The van der Waals surface area contributed by atoms with Crippen LogP contribution in [0.4, 0.5) is 0 Å². The maximum absolute atomic E-state index is 13.7. The molecule has 0 N–H and O–H groups in total. The van der Waals surface area contributed by atoms with E-state index in [2.05, 4.69) is 13.8 Å². The first-order valence-electron chi connectivity index (χ1n) is 9.38. The van der Waals surface area contributed by atoms with Gasteiger partial charge in [0.05, 0.1) is 26.9 Å². The molecule has 0 radical (unpaired) electrons. The summed E-state index contributed by atoms with van der Waals surface area (Å²) in [5, 5.41) is 0.941. The van der Waals surface area contributed by atoms with Gasteiger partial charge >= 0.3 is 0 Å². The van der Waals surface area contributed by atoms with Crippen LogP contribution < -0.4 is 19.6 Å². The summed E-state index contributed by atoms with van der Waals surface area (Å²) in [5.41, 5.74) is 2.26. The molecule has 5 nitrogen and oxygen atoms in total. The Kier molecular flexibility index (Phi) is 6.08. The topological polar surface area (TPSA) is 57.9 Å². The average Bonchev–Trinajstić information content (AvgIpc) is 2.68. The number of rotatable bonds is 6. The van der Waals surface area contributed by atoms with Gasteiger partial charge in [-0.15, -0.1) is 0 Å². The molecule has 1 aromatic heterocycles. The fourth-order valence-corrected chi connectivity index (χ4v) is 3.79. The highest BCUT2D eigenvalue weighted by Crippen LogP contribution is 2.47. The van der Waals surface area contributed by atoms with E-state index < -0.39 is 0 Å². The van der Waals surface area contributed by atoms with E-state index in [1.165, 1.54) is 14.2 Å². The molecule has 0 fully saturated rings. The molecule has 0 aliphatic heterocycles. The maximum Gasteiger partial charge on any atom is 0.204 e. The summed E-state index contributed by atoms with van der Waals surface area (Å²) in [6, 6.07) is 7.09. The van der Waals surface area contributed by atoms with Crippen LogP contribution in [-0.4, -0.2) is 21.3 Å². The molecule has 0 unspecified atom stereocenters.